The van der Waals surface area contributed by atoms with E-state index < -0.39 is 5.92 Å². The molecule has 2 heterocycles. The minimum Gasteiger partial charge on any atom is -0.381 e. The van der Waals surface area contributed by atoms with Crippen LogP contribution in [0.1, 0.15) is 11.7 Å². The maximum atomic E-state index is 9.18. The van der Waals surface area contributed by atoms with Crippen LogP contribution in [0.3, 0.4) is 0 Å². The topological polar surface area (TPSA) is 66.5 Å². The first kappa shape index (κ1) is 11.5. The molecule has 0 spiro atoms. The first-order valence-electron chi connectivity index (χ1n) is 5.07. The lowest BCUT2D eigenvalue weighted by Crippen LogP contribution is -2.24. The third-order valence-electron chi connectivity index (χ3n) is 2.56. The van der Waals surface area contributed by atoms with Crippen LogP contribution in [-0.4, -0.2) is 26.6 Å². The lowest BCUT2D eigenvalue weighted by Gasteiger charge is -2.09. The van der Waals surface area contributed by atoms with Crippen LogP contribution < -0.4 is 5.32 Å². The molecule has 6 heteroatoms. The first-order valence-corrected chi connectivity index (χ1v) is 5.48. The van der Waals surface area contributed by atoms with Crippen molar-refractivity contribution in [2.24, 2.45) is 7.05 Å². The number of fused-ring (bicyclic) bond motifs is 1. The van der Waals surface area contributed by atoms with E-state index in [4.69, 9.17) is 12.2 Å². The Bertz CT molecular complexity index is 610. The molecule has 0 fully saturated rings. The summed E-state index contributed by atoms with van der Waals surface area (Å²) < 4.78 is 1.80. The van der Waals surface area contributed by atoms with E-state index in [9.17, 15) is 5.26 Å². The summed E-state index contributed by atoms with van der Waals surface area (Å²) in [5.41, 5.74) is 1.52. The van der Waals surface area contributed by atoms with Gasteiger partial charge >= 0.3 is 0 Å². The summed E-state index contributed by atoms with van der Waals surface area (Å²) in [6.07, 6.45) is 1.70. The highest BCUT2D eigenvalue weighted by atomic mass is 32.1. The van der Waals surface area contributed by atoms with Crippen LogP contribution in [0.2, 0.25) is 0 Å². The smallest absolute Gasteiger partial charge is 0.159 e. The molecule has 0 amide bonds. The number of imidazole rings is 1. The minimum absolute atomic E-state index is 0.464. The van der Waals surface area contributed by atoms with E-state index in [1.165, 1.54) is 0 Å². The molecule has 0 saturated carbocycles. The second kappa shape index (κ2) is 4.47. The van der Waals surface area contributed by atoms with Crippen LogP contribution in [0, 0.1) is 11.3 Å². The molecule has 1 N–H and O–H groups in total. The van der Waals surface area contributed by atoms with Gasteiger partial charge in [0.05, 0.1) is 6.07 Å². The van der Waals surface area contributed by atoms with Gasteiger partial charge in [0.2, 0.25) is 0 Å². The third kappa shape index (κ3) is 1.85. The molecule has 86 valence electrons. The molecule has 2 aromatic heterocycles. The van der Waals surface area contributed by atoms with Gasteiger partial charge in [0, 0.05) is 20.3 Å². The van der Waals surface area contributed by atoms with Gasteiger partial charge in [-0.3, -0.25) is 0 Å². The van der Waals surface area contributed by atoms with Gasteiger partial charge in [0.25, 0.3) is 0 Å². The van der Waals surface area contributed by atoms with Crippen molar-refractivity contribution < 1.29 is 0 Å². The summed E-state index contributed by atoms with van der Waals surface area (Å²) in [6.45, 7) is 0. The fourth-order valence-corrected chi connectivity index (χ4v) is 1.84. The maximum Gasteiger partial charge on any atom is 0.159 e. The Morgan fingerprint density at radius 1 is 1.65 bits per heavy atom. The Balaban J connectivity index is 2.59. The molecule has 5 nitrogen and oxygen atoms in total. The lowest BCUT2D eigenvalue weighted by molar-refractivity contribution is 0.817. The van der Waals surface area contributed by atoms with Gasteiger partial charge < -0.3 is 9.88 Å². The zero-order valence-corrected chi connectivity index (χ0v) is 10.3. The van der Waals surface area contributed by atoms with Crippen LogP contribution in [0.4, 0.5) is 0 Å². The number of likely N-dealkylation sites (N-methyl/N-ethyl adjacent to an activating group) is 1. The van der Waals surface area contributed by atoms with E-state index in [1.54, 1.807) is 17.8 Å². The molecule has 0 aromatic carbocycles. The fourth-order valence-electron chi connectivity index (χ4n) is 1.68. The third-order valence-corrected chi connectivity index (χ3v) is 3.00. The van der Waals surface area contributed by atoms with Crippen molar-refractivity contribution in [2.75, 3.05) is 7.05 Å². The van der Waals surface area contributed by atoms with E-state index in [0.717, 1.165) is 11.2 Å². The van der Waals surface area contributed by atoms with Gasteiger partial charge in [-0.25, -0.2) is 9.97 Å². The van der Waals surface area contributed by atoms with Crippen LogP contribution in [-0.2, 0) is 7.05 Å². The number of pyridine rings is 1. The molecule has 0 aliphatic heterocycles. The summed E-state index contributed by atoms with van der Waals surface area (Å²) in [4.78, 5) is 9.10. The SMILES string of the molecule is CNC(=S)C(C#N)c1nc2cccnc2n1C. The van der Waals surface area contributed by atoms with E-state index >= 15 is 0 Å². The highest BCUT2D eigenvalue weighted by Gasteiger charge is 2.22. The Hall–Kier alpha value is -2.00. The van der Waals surface area contributed by atoms with E-state index in [2.05, 4.69) is 21.4 Å². The summed E-state index contributed by atoms with van der Waals surface area (Å²) >= 11 is 5.11. The average Bonchev–Trinajstić information content (AvgIpc) is 2.68. The zero-order valence-electron chi connectivity index (χ0n) is 9.51. The van der Waals surface area contributed by atoms with Gasteiger partial charge in [-0.1, -0.05) is 12.2 Å². The van der Waals surface area contributed by atoms with Crippen LogP contribution in [0.5, 0.6) is 0 Å². The lowest BCUT2D eigenvalue weighted by atomic mass is 10.1. The number of nitrogens with one attached hydrogen (secondary N) is 1. The average molecular weight is 245 g/mol. The normalized spacial score (nSPS) is 12.1. The summed E-state index contributed by atoms with van der Waals surface area (Å²) in [7, 11) is 3.54. The predicted octanol–water partition coefficient (Wildman–Crippen LogP) is 1.12. The van der Waals surface area contributed by atoms with Crippen LogP contribution >= 0.6 is 12.2 Å². The van der Waals surface area contributed by atoms with E-state index in [1.807, 2.05) is 19.2 Å². The highest BCUT2D eigenvalue weighted by Crippen LogP contribution is 2.19. The van der Waals surface area contributed by atoms with E-state index in [0.29, 0.717) is 10.8 Å². The summed E-state index contributed by atoms with van der Waals surface area (Å²) in [5.74, 6) is 0.0646. The van der Waals surface area contributed by atoms with Crippen LogP contribution in [0.15, 0.2) is 18.3 Å². The standard InChI is InChI=1S/C11H11N5S/c1-13-11(17)7(6-12)9-15-8-4-3-5-14-10(8)16(9)2/h3-5,7H,1-2H3,(H,13,17). The number of thiocarbonyl (C=S) groups is 1. The molecule has 0 aliphatic rings. The fraction of sp³-hybridized carbons (Fsp3) is 0.273. The van der Waals surface area contributed by atoms with Crippen molar-refractivity contribution in [3.8, 4) is 6.07 Å². The Morgan fingerprint density at radius 2 is 2.41 bits per heavy atom. The van der Waals surface area contributed by atoms with Crippen molar-refractivity contribution in [2.45, 2.75) is 5.92 Å². The monoisotopic (exact) mass is 245 g/mol. The number of nitrogens with zero attached hydrogens (tertiary/aromatic N) is 4. The molecule has 0 bridgehead atoms. The minimum atomic E-state index is -0.547. The number of hydrogen-bond donors (Lipinski definition) is 1. The van der Waals surface area contributed by atoms with E-state index in [-0.39, 0.29) is 0 Å². The molecule has 1 atom stereocenters. The van der Waals surface area contributed by atoms with Gasteiger partial charge in [0.15, 0.2) is 11.6 Å². The number of hydrogen-bond acceptors (Lipinski definition) is 4. The number of aryl methyl sites for hydroxylation is 1. The molecule has 2 rings (SSSR count). The van der Waals surface area contributed by atoms with Gasteiger partial charge in [-0.05, 0) is 12.1 Å². The van der Waals surface area contributed by atoms with Gasteiger partial charge in [-0.15, -0.1) is 0 Å². The first-order chi connectivity index (χ1) is 8.19. The quantitative estimate of drug-likeness (QED) is 0.803. The molecular formula is C11H11N5S. The number of rotatable bonds is 2. The molecule has 0 radical (unpaired) electrons. The summed E-state index contributed by atoms with van der Waals surface area (Å²) in [6, 6.07) is 5.84. The number of nitriles is 1. The van der Waals surface area contributed by atoms with Crippen LogP contribution in [0.25, 0.3) is 11.2 Å². The maximum absolute atomic E-state index is 9.18. The van der Waals surface area contributed by atoms with Crippen molar-refractivity contribution in [3.63, 3.8) is 0 Å². The molecular weight excluding hydrogens is 234 g/mol. The largest absolute Gasteiger partial charge is 0.381 e. The Labute approximate surface area is 104 Å². The number of aromatic nitrogens is 3. The predicted molar refractivity (Wildman–Crippen MR) is 68.5 cm³/mol. The highest BCUT2D eigenvalue weighted by molar-refractivity contribution is 7.80. The Morgan fingerprint density at radius 3 is 3.00 bits per heavy atom. The van der Waals surface area contributed by atoms with Crippen molar-refractivity contribution >= 4 is 28.4 Å². The second-order valence-electron chi connectivity index (χ2n) is 3.55. The molecule has 0 aliphatic carbocycles. The van der Waals surface area contributed by atoms with Gasteiger partial charge in [0.1, 0.15) is 16.3 Å². The zero-order chi connectivity index (χ0) is 12.4. The van der Waals surface area contributed by atoms with Crippen molar-refractivity contribution in [1.29, 1.82) is 5.26 Å². The Kier molecular flexibility index (Phi) is 3.02. The van der Waals surface area contributed by atoms with Crippen molar-refractivity contribution in [3.05, 3.63) is 24.2 Å². The molecule has 2 aromatic rings. The second-order valence-corrected chi connectivity index (χ2v) is 3.99. The molecule has 0 saturated heterocycles. The molecule has 17 heavy (non-hydrogen) atoms. The summed E-state index contributed by atoms with van der Waals surface area (Å²) in [5, 5.41) is 12.0. The van der Waals surface area contributed by atoms with Crippen molar-refractivity contribution in [1.82, 2.24) is 19.9 Å². The molecule has 1 unspecified atom stereocenters. The van der Waals surface area contributed by atoms with Gasteiger partial charge in [-0.2, -0.15) is 5.26 Å².